The van der Waals surface area contributed by atoms with Crippen molar-refractivity contribution in [2.45, 2.75) is 33.1 Å². The minimum Gasteiger partial charge on any atom is -0.160 e. The lowest BCUT2D eigenvalue weighted by Gasteiger charge is -2.32. The first-order valence-electron chi connectivity index (χ1n) is 9.39. The van der Waals surface area contributed by atoms with Gasteiger partial charge in [0.05, 0.1) is 0 Å². The van der Waals surface area contributed by atoms with Gasteiger partial charge in [0.25, 0.3) is 0 Å². The maximum Gasteiger partial charge on any atom is 0.0395 e. The van der Waals surface area contributed by atoms with Crippen molar-refractivity contribution >= 4 is 23.5 Å². The highest BCUT2D eigenvalue weighted by atomic mass is 32.2. The van der Waals surface area contributed by atoms with E-state index in [9.17, 15) is 0 Å². The fourth-order valence-electron chi connectivity index (χ4n) is 3.71. The van der Waals surface area contributed by atoms with Crippen LogP contribution in [-0.2, 0) is 5.41 Å². The van der Waals surface area contributed by atoms with Crippen LogP contribution >= 0.6 is 23.5 Å². The van der Waals surface area contributed by atoms with E-state index in [0.29, 0.717) is 0 Å². The second-order valence-corrected chi connectivity index (χ2v) is 10.1. The highest BCUT2D eigenvalue weighted by molar-refractivity contribution is 8.00. The van der Waals surface area contributed by atoms with E-state index in [0.717, 1.165) is 11.8 Å². The molecule has 0 bridgehead atoms. The van der Waals surface area contributed by atoms with Crippen LogP contribution in [0, 0.1) is 11.8 Å². The van der Waals surface area contributed by atoms with Crippen molar-refractivity contribution in [1.29, 1.82) is 0 Å². The molecule has 0 aliphatic heterocycles. The molecule has 2 heteroatoms. The number of hydrogen-bond donors (Lipinski definition) is 0. The summed E-state index contributed by atoms with van der Waals surface area (Å²) in [5.74, 6) is 6.34. The molecule has 0 fully saturated rings. The molecule has 25 heavy (non-hydrogen) atoms. The maximum absolute atomic E-state index is 2.38. The minimum atomic E-state index is 0.159. The van der Waals surface area contributed by atoms with Gasteiger partial charge in [0.15, 0.2) is 0 Å². The van der Waals surface area contributed by atoms with Crippen LogP contribution in [0.4, 0.5) is 0 Å². The SMILES string of the molecule is CC(C)CSCC1(CSCC(C)C)c2ccccc2-c2ccccc21. The van der Waals surface area contributed by atoms with Crippen molar-refractivity contribution in [3.8, 4) is 11.1 Å². The van der Waals surface area contributed by atoms with Gasteiger partial charge in [-0.15, -0.1) is 0 Å². The first-order chi connectivity index (χ1) is 12.0. The lowest BCUT2D eigenvalue weighted by atomic mass is 9.82. The molecule has 2 aromatic carbocycles. The molecule has 0 spiro atoms. The van der Waals surface area contributed by atoms with Crippen LogP contribution in [-0.4, -0.2) is 23.0 Å². The molecule has 0 unspecified atom stereocenters. The molecule has 3 rings (SSSR count). The Morgan fingerprint density at radius 3 is 1.48 bits per heavy atom. The Balaban J connectivity index is 1.99. The van der Waals surface area contributed by atoms with E-state index in [1.807, 2.05) is 0 Å². The summed E-state index contributed by atoms with van der Waals surface area (Å²) in [6.45, 7) is 9.29. The van der Waals surface area contributed by atoms with Gasteiger partial charge < -0.3 is 0 Å². The highest BCUT2D eigenvalue weighted by Gasteiger charge is 2.42. The van der Waals surface area contributed by atoms with Gasteiger partial charge in [0.1, 0.15) is 0 Å². The molecular weight excluding hydrogens is 340 g/mol. The highest BCUT2D eigenvalue weighted by Crippen LogP contribution is 2.51. The molecule has 0 saturated carbocycles. The zero-order valence-corrected chi connectivity index (χ0v) is 17.6. The summed E-state index contributed by atoms with van der Waals surface area (Å²) in [5, 5.41) is 0. The van der Waals surface area contributed by atoms with Gasteiger partial charge in [-0.3, -0.25) is 0 Å². The van der Waals surface area contributed by atoms with Crippen molar-refractivity contribution in [2.24, 2.45) is 11.8 Å². The lowest BCUT2D eigenvalue weighted by Crippen LogP contribution is -2.32. The smallest absolute Gasteiger partial charge is 0.0395 e. The Bertz CT molecular complexity index is 641. The Kier molecular flexibility index (Phi) is 6.22. The molecule has 1 aliphatic rings. The Hall–Kier alpha value is -0.860. The van der Waals surface area contributed by atoms with Crippen molar-refractivity contribution in [3.05, 3.63) is 59.7 Å². The van der Waals surface area contributed by atoms with E-state index in [1.54, 1.807) is 11.1 Å². The van der Waals surface area contributed by atoms with Gasteiger partial charge in [-0.25, -0.2) is 0 Å². The Labute approximate surface area is 162 Å². The normalized spacial score (nSPS) is 14.8. The van der Waals surface area contributed by atoms with Gasteiger partial charge in [-0.2, -0.15) is 23.5 Å². The molecule has 0 amide bonds. The summed E-state index contributed by atoms with van der Waals surface area (Å²) in [7, 11) is 0. The van der Waals surface area contributed by atoms with Crippen LogP contribution in [0.1, 0.15) is 38.8 Å². The average Bonchev–Trinajstić information content (AvgIpc) is 2.86. The number of rotatable bonds is 8. The van der Waals surface area contributed by atoms with Crippen LogP contribution in [0.2, 0.25) is 0 Å². The van der Waals surface area contributed by atoms with Crippen molar-refractivity contribution in [1.82, 2.24) is 0 Å². The number of thioether (sulfide) groups is 2. The zero-order chi connectivity index (χ0) is 17.9. The second kappa shape index (κ2) is 8.22. The summed E-state index contributed by atoms with van der Waals surface area (Å²) in [4.78, 5) is 0. The molecule has 1 aliphatic carbocycles. The summed E-state index contributed by atoms with van der Waals surface area (Å²) in [6.07, 6.45) is 0. The van der Waals surface area contributed by atoms with E-state index in [4.69, 9.17) is 0 Å². The van der Waals surface area contributed by atoms with Gasteiger partial charge in [-0.05, 0) is 45.6 Å². The van der Waals surface area contributed by atoms with Gasteiger partial charge in [0.2, 0.25) is 0 Å². The van der Waals surface area contributed by atoms with Crippen molar-refractivity contribution in [2.75, 3.05) is 23.0 Å². The second-order valence-electron chi connectivity index (χ2n) is 7.99. The summed E-state index contributed by atoms with van der Waals surface area (Å²) < 4.78 is 0. The molecule has 134 valence electrons. The van der Waals surface area contributed by atoms with Gasteiger partial charge in [0, 0.05) is 16.9 Å². The predicted octanol–water partition coefficient (Wildman–Crippen LogP) is 6.73. The largest absolute Gasteiger partial charge is 0.160 e. The topological polar surface area (TPSA) is 0 Å². The molecule has 0 radical (unpaired) electrons. The van der Waals surface area contributed by atoms with Crippen LogP contribution in [0.25, 0.3) is 11.1 Å². The van der Waals surface area contributed by atoms with Crippen LogP contribution < -0.4 is 0 Å². The fraction of sp³-hybridized carbons (Fsp3) is 0.478. The minimum absolute atomic E-state index is 0.159. The monoisotopic (exact) mass is 370 g/mol. The number of hydrogen-bond acceptors (Lipinski definition) is 2. The quantitative estimate of drug-likeness (QED) is 0.505. The molecule has 0 saturated heterocycles. The molecule has 0 heterocycles. The number of fused-ring (bicyclic) bond motifs is 3. The van der Waals surface area contributed by atoms with E-state index in [-0.39, 0.29) is 5.41 Å². The lowest BCUT2D eigenvalue weighted by molar-refractivity contribution is 0.677. The maximum atomic E-state index is 2.38. The third kappa shape index (κ3) is 3.95. The van der Waals surface area contributed by atoms with Gasteiger partial charge in [-0.1, -0.05) is 76.2 Å². The van der Waals surface area contributed by atoms with Gasteiger partial charge >= 0.3 is 0 Å². The average molecular weight is 371 g/mol. The standard InChI is InChI=1S/C23H30S2/c1-17(2)13-24-15-23(16-25-14-18(3)4)21-11-7-5-9-19(21)20-10-6-8-12-22(20)23/h5-12,17-18H,13-16H2,1-4H3. The van der Waals surface area contributed by atoms with Crippen LogP contribution in [0.15, 0.2) is 48.5 Å². The third-order valence-electron chi connectivity index (χ3n) is 4.77. The molecular formula is C23H30S2. The predicted molar refractivity (Wildman–Crippen MR) is 117 cm³/mol. The van der Waals surface area contributed by atoms with E-state index >= 15 is 0 Å². The van der Waals surface area contributed by atoms with E-state index in [1.165, 1.54) is 34.1 Å². The molecule has 2 aromatic rings. The number of benzene rings is 2. The molecule has 0 nitrogen and oxygen atoms in total. The van der Waals surface area contributed by atoms with Crippen LogP contribution in [0.3, 0.4) is 0 Å². The molecule has 0 N–H and O–H groups in total. The Morgan fingerprint density at radius 1 is 0.680 bits per heavy atom. The first-order valence-corrected chi connectivity index (χ1v) is 11.7. The van der Waals surface area contributed by atoms with E-state index < -0.39 is 0 Å². The van der Waals surface area contributed by atoms with E-state index in [2.05, 4.69) is 99.7 Å². The summed E-state index contributed by atoms with van der Waals surface area (Å²) >= 11 is 4.26. The summed E-state index contributed by atoms with van der Waals surface area (Å²) in [5.41, 5.74) is 6.15. The zero-order valence-electron chi connectivity index (χ0n) is 15.9. The van der Waals surface area contributed by atoms with Crippen molar-refractivity contribution < 1.29 is 0 Å². The Morgan fingerprint density at radius 2 is 1.08 bits per heavy atom. The first kappa shape index (κ1) is 18.9. The molecule has 0 atom stereocenters. The third-order valence-corrected chi connectivity index (χ3v) is 7.97. The summed E-state index contributed by atoms with van der Waals surface area (Å²) in [6, 6.07) is 18.2. The van der Waals surface area contributed by atoms with Crippen LogP contribution in [0.5, 0.6) is 0 Å². The van der Waals surface area contributed by atoms with Crippen molar-refractivity contribution in [3.63, 3.8) is 0 Å². The fourth-order valence-corrected chi connectivity index (χ4v) is 6.54. The molecule has 0 aromatic heterocycles.